The number of halogens is 1. The van der Waals surface area contributed by atoms with E-state index in [1.54, 1.807) is 0 Å². The van der Waals surface area contributed by atoms with Gasteiger partial charge in [0.2, 0.25) is 0 Å². The molecule has 0 saturated heterocycles. The molecule has 0 aromatic heterocycles. The molecule has 0 atom stereocenters. The zero-order chi connectivity index (χ0) is 10.1. The summed E-state index contributed by atoms with van der Waals surface area (Å²) in [5, 5.41) is 0. The second-order valence-electron chi connectivity index (χ2n) is 2.92. The molecule has 0 radical (unpaired) electrons. The maximum Gasteiger partial charge on any atom is 0.151 e. The van der Waals surface area contributed by atoms with Gasteiger partial charge in [0.1, 0.15) is 5.82 Å². The van der Waals surface area contributed by atoms with Crippen molar-refractivity contribution in [1.82, 2.24) is 0 Å². The molecule has 1 aromatic rings. The van der Waals surface area contributed by atoms with E-state index in [4.69, 9.17) is 5.73 Å². The highest BCUT2D eigenvalue weighted by Gasteiger charge is 2.09. The smallest absolute Gasteiger partial charge is 0.151 e. The highest BCUT2D eigenvalue weighted by Crippen LogP contribution is 2.14. The van der Waals surface area contributed by atoms with Crippen LogP contribution in [0.5, 0.6) is 0 Å². The number of anilines is 1. The highest BCUT2D eigenvalue weighted by atomic mass is 32.2. The third-order valence-corrected chi connectivity index (χ3v) is 2.32. The lowest BCUT2D eigenvalue weighted by molar-refractivity contribution is 0.592. The minimum Gasteiger partial charge on any atom is -0.399 e. The molecule has 3 nitrogen and oxygen atoms in total. The van der Waals surface area contributed by atoms with Crippen LogP contribution >= 0.6 is 0 Å². The van der Waals surface area contributed by atoms with Gasteiger partial charge in [-0.25, -0.2) is 12.8 Å². The monoisotopic (exact) mass is 203 g/mol. The molecule has 0 heterocycles. The van der Waals surface area contributed by atoms with Crippen molar-refractivity contribution in [3.05, 3.63) is 29.6 Å². The third kappa shape index (κ3) is 3.02. The summed E-state index contributed by atoms with van der Waals surface area (Å²) in [6, 6.07) is 3.88. The molecule has 0 saturated carbocycles. The number of hydrogen-bond donors (Lipinski definition) is 1. The Morgan fingerprint density at radius 3 is 2.62 bits per heavy atom. The molecule has 0 fully saturated rings. The number of sulfone groups is 1. The van der Waals surface area contributed by atoms with Gasteiger partial charge in [0.15, 0.2) is 9.84 Å². The van der Waals surface area contributed by atoms with Crippen molar-refractivity contribution in [3.8, 4) is 0 Å². The van der Waals surface area contributed by atoms with Crippen LogP contribution in [0.1, 0.15) is 5.56 Å². The molecule has 0 aliphatic heterocycles. The Hall–Kier alpha value is -1.10. The van der Waals surface area contributed by atoms with E-state index in [0.717, 1.165) is 12.3 Å². The number of rotatable bonds is 2. The molecule has 0 unspecified atom stereocenters. The minimum atomic E-state index is -3.21. The van der Waals surface area contributed by atoms with E-state index < -0.39 is 15.7 Å². The van der Waals surface area contributed by atoms with Gasteiger partial charge in [-0.2, -0.15) is 0 Å². The van der Waals surface area contributed by atoms with Crippen molar-refractivity contribution in [2.75, 3.05) is 12.0 Å². The summed E-state index contributed by atoms with van der Waals surface area (Å²) < 4.78 is 34.7. The van der Waals surface area contributed by atoms with Crippen LogP contribution in [-0.4, -0.2) is 14.7 Å². The third-order valence-electron chi connectivity index (χ3n) is 1.49. The van der Waals surface area contributed by atoms with Gasteiger partial charge in [-0.1, -0.05) is 0 Å². The average Bonchev–Trinajstić information content (AvgIpc) is 1.94. The molecule has 13 heavy (non-hydrogen) atoms. The standard InChI is InChI=1S/C8H10FNO2S/c1-13(11,12)5-6-4-7(10)2-3-8(6)9/h2-4H,5,10H2,1H3. The molecule has 0 bridgehead atoms. The molecule has 0 spiro atoms. The van der Waals surface area contributed by atoms with Gasteiger partial charge in [-0.15, -0.1) is 0 Å². The maximum atomic E-state index is 13.0. The molecule has 0 amide bonds. The Labute approximate surface area is 76.3 Å². The fraction of sp³-hybridized carbons (Fsp3) is 0.250. The lowest BCUT2D eigenvalue weighted by Gasteiger charge is -2.02. The van der Waals surface area contributed by atoms with Gasteiger partial charge in [0, 0.05) is 17.5 Å². The first-order valence-corrected chi connectivity index (χ1v) is 5.66. The van der Waals surface area contributed by atoms with Crippen LogP contribution in [0.15, 0.2) is 18.2 Å². The van der Waals surface area contributed by atoms with Gasteiger partial charge in [0.25, 0.3) is 0 Å². The topological polar surface area (TPSA) is 60.2 Å². The number of hydrogen-bond acceptors (Lipinski definition) is 3. The van der Waals surface area contributed by atoms with Gasteiger partial charge in [-0.05, 0) is 18.2 Å². The second kappa shape index (κ2) is 3.33. The highest BCUT2D eigenvalue weighted by molar-refractivity contribution is 7.89. The van der Waals surface area contributed by atoms with Crippen LogP contribution in [0.25, 0.3) is 0 Å². The van der Waals surface area contributed by atoms with Crippen LogP contribution in [0.2, 0.25) is 0 Å². The van der Waals surface area contributed by atoms with E-state index in [1.165, 1.54) is 12.1 Å². The van der Waals surface area contributed by atoms with Crippen LogP contribution in [0, 0.1) is 5.82 Å². The largest absolute Gasteiger partial charge is 0.399 e. The van der Waals surface area contributed by atoms with Crippen LogP contribution in [0.3, 0.4) is 0 Å². The first kappa shape index (κ1) is 9.98. The van der Waals surface area contributed by atoms with Crippen LogP contribution in [0.4, 0.5) is 10.1 Å². The minimum absolute atomic E-state index is 0.113. The summed E-state index contributed by atoms with van der Waals surface area (Å²) in [6.07, 6.45) is 1.05. The molecular weight excluding hydrogens is 193 g/mol. The van der Waals surface area contributed by atoms with Gasteiger partial charge < -0.3 is 5.73 Å². The molecule has 1 aromatic carbocycles. The van der Waals surface area contributed by atoms with E-state index >= 15 is 0 Å². The Bertz CT molecular complexity index is 414. The Kier molecular flexibility index (Phi) is 2.56. The lowest BCUT2D eigenvalue weighted by atomic mass is 10.2. The van der Waals surface area contributed by atoms with Gasteiger partial charge in [0.05, 0.1) is 5.75 Å². The summed E-state index contributed by atoms with van der Waals surface area (Å²) in [7, 11) is -3.21. The van der Waals surface area contributed by atoms with Crippen molar-refractivity contribution >= 4 is 15.5 Å². The maximum absolute atomic E-state index is 13.0. The van der Waals surface area contributed by atoms with E-state index in [1.807, 2.05) is 0 Å². The van der Waals surface area contributed by atoms with Crippen molar-refractivity contribution in [2.24, 2.45) is 0 Å². The van der Waals surface area contributed by atoms with Crippen molar-refractivity contribution in [1.29, 1.82) is 0 Å². The molecule has 0 aliphatic carbocycles. The fourth-order valence-electron chi connectivity index (χ4n) is 0.988. The Balaban J connectivity index is 3.08. The first-order valence-electron chi connectivity index (χ1n) is 3.60. The average molecular weight is 203 g/mol. The molecule has 2 N–H and O–H groups in total. The van der Waals surface area contributed by atoms with E-state index in [2.05, 4.69) is 0 Å². The molecule has 72 valence electrons. The zero-order valence-corrected chi connectivity index (χ0v) is 7.94. The first-order chi connectivity index (χ1) is 5.88. The van der Waals surface area contributed by atoms with E-state index in [-0.39, 0.29) is 11.3 Å². The Morgan fingerprint density at radius 2 is 2.08 bits per heavy atom. The second-order valence-corrected chi connectivity index (χ2v) is 5.06. The van der Waals surface area contributed by atoms with Crippen molar-refractivity contribution < 1.29 is 12.8 Å². The molecule has 5 heteroatoms. The molecule has 1 rings (SSSR count). The quantitative estimate of drug-likeness (QED) is 0.728. The summed E-state index contributed by atoms with van der Waals surface area (Å²) >= 11 is 0. The predicted octanol–water partition coefficient (Wildman–Crippen LogP) is 0.953. The van der Waals surface area contributed by atoms with Crippen LogP contribution in [-0.2, 0) is 15.6 Å². The SMILES string of the molecule is CS(=O)(=O)Cc1cc(N)ccc1F. The molecule has 0 aliphatic rings. The number of nitrogen functional groups attached to an aromatic ring is 1. The Morgan fingerprint density at radius 1 is 1.46 bits per heavy atom. The zero-order valence-electron chi connectivity index (χ0n) is 7.12. The summed E-state index contributed by atoms with van der Waals surface area (Å²) in [4.78, 5) is 0. The van der Waals surface area contributed by atoms with Crippen molar-refractivity contribution in [2.45, 2.75) is 5.75 Å². The summed E-state index contributed by atoms with van der Waals surface area (Å²) in [6.45, 7) is 0. The van der Waals surface area contributed by atoms with Gasteiger partial charge >= 0.3 is 0 Å². The fourth-order valence-corrected chi connectivity index (χ4v) is 1.77. The number of benzene rings is 1. The van der Waals surface area contributed by atoms with E-state index in [9.17, 15) is 12.8 Å². The van der Waals surface area contributed by atoms with Crippen molar-refractivity contribution in [3.63, 3.8) is 0 Å². The van der Waals surface area contributed by atoms with E-state index in [0.29, 0.717) is 5.69 Å². The summed E-state index contributed by atoms with van der Waals surface area (Å²) in [5.41, 5.74) is 5.86. The normalized spacial score (nSPS) is 11.5. The summed E-state index contributed by atoms with van der Waals surface area (Å²) in [5.74, 6) is -0.858. The lowest BCUT2D eigenvalue weighted by Crippen LogP contribution is -2.03. The predicted molar refractivity (Wildman–Crippen MR) is 49.4 cm³/mol. The van der Waals surface area contributed by atoms with Gasteiger partial charge in [-0.3, -0.25) is 0 Å². The molecular formula is C8H10FNO2S. The number of nitrogens with two attached hydrogens (primary N) is 1. The van der Waals surface area contributed by atoms with Crippen LogP contribution < -0.4 is 5.73 Å².